The maximum absolute atomic E-state index is 13.6. The molecule has 1 heterocycles. The minimum Gasteiger partial charge on any atom is -0.375 e. The van der Waals surface area contributed by atoms with E-state index in [0.717, 1.165) is 21.9 Å². The van der Waals surface area contributed by atoms with Gasteiger partial charge in [0.15, 0.2) is 11.4 Å². The lowest BCUT2D eigenvalue weighted by molar-refractivity contribution is -0.136. The third kappa shape index (κ3) is 3.29. The molecular formula is C28H23NO3. The molecule has 1 N–H and O–H groups in total. The van der Waals surface area contributed by atoms with Crippen LogP contribution in [0.2, 0.25) is 0 Å². The zero-order valence-electron chi connectivity index (χ0n) is 17.8. The number of hydrogen-bond donors (Lipinski definition) is 1. The van der Waals surface area contributed by atoms with Crippen LogP contribution in [0.4, 0.5) is 5.69 Å². The molecule has 0 bridgehead atoms. The fraction of sp³-hybridized carbons (Fsp3) is 0.143. The summed E-state index contributed by atoms with van der Waals surface area (Å²) in [6.07, 6.45) is -0.294. The third-order valence-electron chi connectivity index (χ3n) is 6.24. The zero-order valence-corrected chi connectivity index (χ0v) is 17.8. The molecule has 0 aliphatic carbocycles. The van der Waals surface area contributed by atoms with Crippen LogP contribution in [0.25, 0.3) is 10.8 Å². The second kappa shape index (κ2) is 7.74. The maximum Gasteiger partial charge on any atom is 0.264 e. The number of para-hydroxylation sites is 1. The number of rotatable bonds is 5. The average molecular weight is 421 g/mol. The first-order chi connectivity index (χ1) is 15.5. The first-order valence-corrected chi connectivity index (χ1v) is 10.7. The van der Waals surface area contributed by atoms with Gasteiger partial charge in [-0.25, -0.2) is 0 Å². The number of ketones is 1. The number of anilines is 1. The number of fused-ring (bicyclic) bond motifs is 2. The van der Waals surface area contributed by atoms with E-state index >= 15 is 0 Å². The number of carbonyl (C=O) groups is 2. The average Bonchev–Trinajstić information content (AvgIpc) is 3.01. The molecule has 0 fully saturated rings. The van der Waals surface area contributed by atoms with Crippen molar-refractivity contribution in [3.63, 3.8) is 0 Å². The molecule has 0 saturated carbocycles. The van der Waals surface area contributed by atoms with Crippen molar-refractivity contribution in [1.29, 1.82) is 0 Å². The van der Waals surface area contributed by atoms with Crippen molar-refractivity contribution in [2.45, 2.75) is 25.5 Å². The molecule has 4 aromatic rings. The van der Waals surface area contributed by atoms with E-state index in [1.165, 1.54) is 0 Å². The molecule has 1 atom stereocenters. The molecule has 1 aliphatic rings. The topological polar surface area (TPSA) is 57.6 Å². The van der Waals surface area contributed by atoms with Crippen molar-refractivity contribution in [3.8, 4) is 0 Å². The van der Waals surface area contributed by atoms with Crippen molar-refractivity contribution >= 4 is 28.2 Å². The molecule has 0 saturated heterocycles. The highest BCUT2D eigenvalue weighted by Gasteiger charge is 2.50. The number of hydrogen-bond acceptors (Lipinski definition) is 3. The van der Waals surface area contributed by atoms with Crippen LogP contribution in [0.5, 0.6) is 0 Å². The summed E-state index contributed by atoms with van der Waals surface area (Å²) in [5, 5.41) is 13.7. The summed E-state index contributed by atoms with van der Waals surface area (Å²) >= 11 is 0. The molecule has 4 nitrogen and oxygen atoms in total. The molecule has 32 heavy (non-hydrogen) atoms. The van der Waals surface area contributed by atoms with Crippen LogP contribution >= 0.6 is 0 Å². The minimum absolute atomic E-state index is 0.261. The van der Waals surface area contributed by atoms with Crippen LogP contribution in [0, 0.1) is 6.92 Å². The number of aryl methyl sites for hydroxylation is 1. The Hall–Kier alpha value is -3.76. The largest absolute Gasteiger partial charge is 0.375 e. The highest BCUT2D eigenvalue weighted by atomic mass is 16.3. The van der Waals surface area contributed by atoms with E-state index < -0.39 is 11.5 Å². The molecule has 1 amide bonds. The van der Waals surface area contributed by atoms with E-state index in [2.05, 4.69) is 0 Å². The molecule has 0 unspecified atom stereocenters. The van der Waals surface area contributed by atoms with Crippen molar-refractivity contribution in [1.82, 2.24) is 0 Å². The van der Waals surface area contributed by atoms with Crippen LogP contribution in [-0.4, -0.2) is 16.8 Å². The fourth-order valence-corrected chi connectivity index (χ4v) is 4.51. The SMILES string of the molecule is Cc1ccc(C(=O)C[C@]2(O)C(=O)N(Cc3cccc4ccccc34)c3ccccc32)cc1. The number of Topliss-reactive ketones (excluding diaryl/α,β-unsaturated/α-hetero) is 1. The fourth-order valence-electron chi connectivity index (χ4n) is 4.51. The number of nitrogens with zero attached hydrogens (tertiary/aromatic N) is 1. The molecular weight excluding hydrogens is 398 g/mol. The van der Waals surface area contributed by atoms with Crippen LogP contribution in [0.3, 0.4) is 0 Å². The predicted molar refractivity (Wildman–Crippen MR) is 126 cm³/mol. The van der Waals surface area contributed by atoms with E-state index in [1.54, 1.807) is 29.2 Å². The maximum atomic E-state index is 13.6. The van der Waals surface area contributed by atoms with Gasteiger partial charge in [-0.05, 0) is 29.3 Å². The third-order valence-corrected chi connectivity index (χ3v) is 6.24. The number of benzene rings is 4. The molecule has 0 radical (unpaired) electrons. The highest BCUT2D eigenvalue weighted by molar-refractivity contribution is 6.11. The van der Waals surface area contributed by atoms with Gasteiger partial charge in [0, 0.05) is 11.1 Å². The molecule has 1 aliphatic heterocycles. The van der Waals surface area contributed by atoms with Gasteiger partial charge in [-0.15, -0.1) is 0 Å². The standard InChI is InChI=1S/C28H23NO3/c1-19-13-15-21(16-14-19)26(30)17-28(32)24-11-4-5-12-25(24)29(27(28)31)18-22-9-6-8-20-7-2-3-10-23(20)22/h2-16,32H,17-18H2,1H3/t28-/m1/s1. The minimum atomic E-state index is -1.89. The monoisotopic (exact) mass is 421 g/mol. The number of aliphatic hydroxyl groups is 1. The molecule has 4 aromatic carbocycles. The Morgan fingerprint density at radius 2 is 1.56 bits per heavy atom. The Kier molecular flexibility index (Phi) is 4.87. The van der Waals surface area contributed by atoms with E-state index in [0.29, 0.717) is 23.4 Å². The second-order valence-corrected chi connectivity index (χ2v) is 8.37. The van der Waals surface area contributed by atoms with Gasteiger partial charge in [-0.3, -0.25) is 9.59 Å². The van der Waals surface area contributed by atoms with E-state index in [1.807, 2.05) is 73.7 Å². The first kappa shape index (κ1) is 20.2. The molecule has 4 heteroatoms. The van der Waals surface area contributed by atoms with E-state index in [-0.39, 0.29) is 12.2 Å². The van der Waals surface area contributed by atoms with Crippen molar-refractivity contribution in [3.05, 3.63) is 113 Å². The van der Waals surface area contributed by atoms with Crippen molar-refractivity contribution < 1.29 is 14.7 Å². The van der Waals surface area contributed by atoms with Crippen molar-refractivity contribution in [2.75, 3.05) is 4.90 Å². The summed E-state index contributed by atoms with van der Waals surface area (Å²) in [7, 11) is 0. The molecule has 158 valence electrons. The lowest BCUT2D eigenvalue weighted by atomic mass is 9.88. The van der Waals surface area contributed by atoms with Gasteiger partial charge in [0.2, 0.25) is 0 Å². The second-order valence-electron chi connectivity index (χ2n) is 8.37. The molecule has 0 aromatic heterocycles. The predicted octanol–water partition coefficient (Wildman–Crippen LogP) is 5.16. The smallest absolute Gasteiger partial charge is 0.264 e. The lowest BCUT2D eigenvalue weighted by Gasteiger charge is -2.23. The van der Waals surface area contributed by atoms with Crippen LogP contribution in [0.15, 0.2) is 91.0 Å². The van der Waals surface area contributed by atoms with Crippen molar-refractivity contribution in [2.24, 2.45) is 0 Å². The number of amides is 1. The number of carbonyl (C=O) groups excluding carboxylic acids is 2. The van der Waals surface area contributed by atoms with Crippen LogP contribution < -0.4 is 4.90 Å². The summed E-state index contributed by atoms with van der Waals surface area (Å²) in [5.41, 5.74) is 1.75. The zero-order chi connectivity index (χ0) is 22.3. The summed E-state index contributed by atoms with van der Waals surface area (Å²) < 4.78 is 0. The summed E-state index contributed by atoms with van der Waals surface area (Å²) in [4.78, 5) is 28.1. The van der Waals surface area contributed by atoms with Gasteiger partial charge in [-0.2, -0.15) is 0 Å². The lowest BCUT2D eigenvalue weighted by Crippen LogP contribution is -2.41. The van der Waals surface area contributed by atoms with Gasteiger partial charge < -0.3 is 10.0 Å². The van der Waals surface area contributed by atoms with Gasteiger partial charge in [-0.1, -0.05) is 90.5 Å². The Bertz CT molecular complexity index is 1340. The Balaban J connectivity index is 1.51. The van der Waals surface area contributed by atoms with Gasteiger partial charge in [0.25, 0.3) is 5.91 Å². The van der Waals surface area contributed by atoms with Crippen LogP contribution in [0.1, 0.15) is 33.5 Å². The van der Waals surface area contributed by atoms with Gasteiger partial charge in [0.05, 0.1) is 18.7 Å². The van der Waals surface area contributed by atoms with Gasteiger partial charge in [0.1, 0.15) is 0 Å². The van der Waals surface area contributed by atoms with E-state index in [4.69, 9.17) is 0 Å². The first-order valence-electron chi connectivity index (χ1n) is 10.7. The quantitative estimate of drug-likeness (QED) is 0.453. The Morgan fingerprint density at radius 3 is 2.38 bits per heavy atom. The Labute approximate surface area is 186 Å². The molecule has 5 rings (SSSR count). The summed E-state index contributed by atoms with van der Waals surface area (Å²) in [6, 6.07) is 28.4. The summed E-state index contributed by atoms with van der Waals surface area (Å²) in [6.45, 7) is 2.27. The van der Waals surface area contributed by atoms with Gasteiger partial charge >= 0.3 is 0 Å². The Morgan fingerprint density at radius 1 is 0.875 bits per heavy atom. The van der Waals surface area contributed by atoms with E-state index in [9.17, 15) is 14.7 Å². The highest BCUT2D eigenvalue weighted by Crippen LogP contribution is 2.43. The normalized spacial score (nSPS) is 17.6. The summed E-state index contributed by atoms with van der Waals surface area (Å²) in [5.74, 6) is -0.727. The van der Waals surface area contributed by atoms with Crippen LogP contribution in [-0.2, 0) is 16.9 Å². The molecule has 0 spiro atoms.